The van der Waals surface area contributed by atoms with E-state index >= 15 is 0 Å². The fourth-order valence-corrected chi connectivity index (χ4v) is 4.89. The molecule has 1 aliphatic heterocycles. The summed E-state index contributed by atoms with van der Waals surface area (Å²) in [6.45, 7) is 3.80. The molecule has 3 atom stereocenters. The third-order valence-corrected chi connectivity index (χ3v) is 6.86. The van der Waals surface area contributed by atoms with Gasteiger partial charge in [0.15, 0.2) is 0 Å². The van der Waals surface area contributed by atoms with Gasteiger partial charge in [-0.1, -0.05) is 60.7 Å². The highest BCUT2D eigenvalue weighted by atomic mass is 16.2. The average Bonchev–Trinajstić information content (AvgIpc) is 3.04. The third-order valence-electron chi connectivity index (χ3n) is 6.86. The fraction of sp³-hybridized carbons (Fsp3) is 0.379. The van der Waals surface area contributed by atoms with Crippen molar-refractivity contribution in [3.05, 3.63) is 83.9 Å². The molecule has 1 aliphatic rings. The Morgan fingerprint density at radius 3 is 2.60 bits per heavy atom. The van der Waals surface area contributed by atoms with Crippen molar-refractivity contribution in [3.8, 4) is 0 Å². The Morgan fingerprint density at radius 2 is 1.83 bits per heavy atom. The molecule has 6 nitrogen and oxygen atoms in total. The molecule has 35 heavy (non-hydrogen) atoms. The van der Waals surface area contributed by atoms with E-state index in [1.54, 1.807) is 0 Å². The van der Waals surface area contributed by atoms with Gasteiger partial charge < -0.3 is 21.3 Å². The Bertz CT molecular complexity index is 1130. The summed E-state index contributed by atoms with van der Waals surface area (Å²) in [6, 6.07) is 23.9. The van der Waals surface area contributed by atoms with Gasteiger partial charge in [0.2, 0.25) is 5.91 Å². The second kappa shape index (κ2) is 12.0. The lowest BCUT2D eigenvalue weighted by atomic mass is 10.0. The molecule has 2 amide bonds. The van der Waals surface area contributed by atoms with E-state index in [1.807, 2.05) is 65.6 Å². The molecular formula is C29H36N4O2. The van der Waals surface area contributed by atoms with E-state index in [9.17, 15) is 9.59 Å². The first kappa shape index (κ1) is 24.9. The molecule has 4 N–H and O–H groups in total. The number of hydrogen-bond acceptors (Lipinski definition) is 4. The van der Waals surface area contributed by atoms with Crippen LogP contribution >= 0.6 is 0 Å². The number of benzene rings is 3. The quantitative estimate of drug-likeness (QED) is 0.445. The highest BCUT2D eigenvalue weighted by Gasteiger charge is 2.32. The molecule has 0 saturated carbocycles. The number of carbonyl (C=O) groups is 2. The van der Waals surface area contributed by atoms with Crippen LogP contribution in [0.1, 0.15) is 42.1 Å². The Labute approximate surface area is 207 Å². The van der Waals surface area contributed by atoms with Crippen LogP contribution in [-0.2, 0) is 11.2 Å². The lowest BCUT2D eigenvalue weighted by Crippen LogP contribution is -2.50. The van der Waals surface area contributed by atoms with Gasteiger partial charge in [0, 0.05) is 30.7 Å². The molecule has 4 rings (SSSR count). The van der Waals surface area contributed by atoms with Crippen LogP contribution in [0.3, 0.4) is 0 Å². The van der Waals surface area contributed by atoms with Gasteiger partial charge in [0.05, 0.1) is 6.04 Å². The number of carbonyl (C=O) groups excluding carboxylic acids is 2. The van der Waals surface area contributed by atoms with Crippen LogP contribution in [0.4, 0.5) is 0 Å². The smallest absolute Gasteiger partial charge is 0.251 e. The van der Waals surface area contributed by atoms with Gasteiger partial charge in [0.25, 0.3) is 5.91 Å². The van der Waals surface area contributed by atoms with Gasteiger partial charge >= 0.3 is 0 Å². The fourth-order valence-electron chi connectivity index (χ4n) is 4.89. The molecule has 3 aromatic rings. The minimum atomic E-state index is -0.290. The van der Waals surface area contributed by atoms with Crippen LogP contribution in [-0.4, -0.2) is 54.5 Å². The minimum Gasteiger partial charge on any atom is -0.350 e. The molecule has 0 aliphatic carbocycles. The van der Waals surface area contributed by atoms with E-state index in [0.29, 0.717) is 31.6 Å². The predicted octanol–water partition coefficient (Wildman–Crippen LogP) is 3.50. The first-order chi connectivity index (χ1) is 17.0. The summed E-state index contributed by atoms with van der Waals surface area (Å²) in [4.78, 5) is 28.3. The zero-order valence-corrected chi connectivity index (χ0v) is 20.5. The van der Waals surface area contributed by atoms with E-state index in [0.717, 1.165) is 30.0 Å². The summed E-state index contributed by atoms with van der Waals surface area (Å²) in [5.41, 5.74) is 7.62. The number of nitrogens with zero attached hydrogens (tertiary/aromatic N) is 1. The molecule has 1 fully saturated rings. The molecule has 0 bridgehead atoms. The average molecular weight is 473 g/mol. The summed E-state index contributed by atoms with van der Waals surface area (Å²) in [6.07, 6.45) is 3.07. The Kier molecular flexibility index (Phi) is 8.50. The molecule has 184 valence electrons. The number of nitrogens with two attached hydrogens (primary N) is 1. The van der Waals surface area contributed by atoms with Gasteiger partial charge in [-0.05, 0) is 67.6 Å². The van der Waals surface area contributed by atoms with Gasteiger partial charge in [-0.15, -0.1) is 0 Å². The maximum absolute atomic E-state index is 13.4. The van der Waals surface area contributed by atoms with E-state index in [4.69, 9.17) is 5.73 Å². The van der Waals surface area contributed by atoms with Crippen molar-refractivity contribution in [3.63, 3.8) is 0 Å². The Hall–Kier alpha value is -3.22. The molecule has 0 unspecified atom stereocenters. The van der Waals surface area contributed by atoms with Gasteiger partial charge in [0.1, 0.15) is 0 Å². The van der Waals surface area contributed by atoms with Crippen molar-refractivity contribution in [1.29, 1.82) is 0 Å². The topological polar surface area (TPSA) is 87.5 Å². The van der Waals surface area contributed by atoms with E-state index in [2.05, 4.69) is 29.7 Å². The van der Waals surface area contributed by atoms with E-state index in [1.165, 1.54) is 5.56 Å². The zero-order chi connectivity index (χ0) is 24.6. The number of fused-ring (bicyclic) bond motifs is 1. The molecular weight excluding hydrogens is 436 g/mol. The Morgan fingerprint density at radius 1 is 1.09 bits per heavy atom. The van der Waals surface area contributed by atoms with Crippen molar-refractivity contribution < 1.29 is 9.59 Å². The predicted molar refractivity (Wildman–Crippen MR) is 141 cm³/mol. The molecule has 3 aromatic carbocycles. The van der Waals surface area contributed by atoms with E-state index in [-0.39, 0.29) is 29.9 Å². The van der Waals surface area contributed by atoms with Crippen molar-refractivity contribution in [1.82, 2.24) is 15.5 Å². The van der Waals surface area contributed by atoms with Gasteiger partial charge in [-0.2, -0.15) is 0 Å². The summed E-state index contributed by atoms with van der Waals surface area (Å²) in [5, 5.41) is 8.76. The van der Waals surface area contributed by atoms with E-state index < -0.39 is 0 Å². The second-order valence-electron chi connectivity index (χ2n) is 9.48. The summed E-state index contributed by atoms with van der Waals surface area (Å²) < 4.78 is 0. The monoisotopic (exact) mass is 472 g/mol. The van der Waals surface area contributed by atoms with Crippen LogP contribution in [0, 0.1) is 0 Å². The number of amides is 2. The van der Waals surface area contributed by atoms with Crippen molar-refractivity contribution >= 4 is 22.6 Å². The lowest BCUT2D eigenvalue weighted by molar-refractivity contribution is -0.134. The Balaban J connectivity index is 1.41. The largest absolute Gasteiger partial charge is 0.350 e. The summed E-state index contributed by atoms with van der Waals surface area (Å²) in [7, 11) is 0. The number of hydrogen-bond donors (Lipinski definition) is 3. The second-order valence-corrected chi connectivity index (χ2v) is 9.48. The molecule has 0 spiro atoms. The molecule has 1 heterocycles. The normalized spacial score (nSPS) is 19.4. The van der Waals surface area contributed by atoms with Crippen LogP contribution in [0.15, 0.2) is 72.8 Å². The summed E-state index contributed by atoms with van der Waals surface area (Å²) >= 11 is 0. The SMILES string of the molecule is C[C@@H](Cc1ccccc1)N1CC[C@@H](CNC(=O)c2ccc3ccccc3c2)N[C@@H](CCCN)C1=O. The van der Waals surface area contributed by atoms with Gasteiger partial charge in [-0.3, -0.25) is 9.59 Å². The zero-order valence-electron chi connectivity index (χ0n) is 20.5. The maximum atomic E-state index is 13.4. The van der Waals surface area contributed by atoms with Gasteiger partial charge in [-0.25, -0.2) is 0 Å². The highest BCUT2D eigenvalue weighted by molar-refractivity contribution is 5.98. The van der Waals surface area contributed by atoms with Crippen molar-refractivity contribution in [2.24, 2.45) is 5.73 Å². The summed E-state index contributed by atoms with van der Waals surface area (Å²) in [5.74, 6) is 0.0335. The standard InChI is InChI=1S/C29H36N4O2/c1-21(18-22-8-3-2-4-9-22)33-17-15-26(32-27(29(33)35)12-7-16-30)20-31-28(34)25-14-13-23-10-5-6-11-24(23)19-25/h2-6,8-11,13-14,19,21,26-27,32H,7,12,15-18,20,30H2,1H3,(H,31,34)/t21-,26-,27-/m0/s1. The maximum Gasteiger partial charge on any atom is 0.251 e. The van der Waals surface area contributed by atoms with Crippen LogP contribution in [0.5, 0.6) is 0 Å². The first-order valence-electron chi connectivity index (χ1n) is 12.6. The number of nitrogens with one attached hydrogen (secondary N) is 2. The van der Waals surface area contributed by atoms with Crippen molar-refractivity contribution in [2.75, 3.05) is 19.6 Å². The van der Waals surface area contributed by atoms with Crippen LogP contribution < -0.4 is 16.4 Å². The molecule has 0 aromatic heterocycles. The molecule has 6 heteroatoms. The van der Waals surface area contributed by atoms with Crippen molar-refractivity contribution in [2.45, 2.75) is 50.7 Å². The first-order valence-corrected chi connectivity index (χ1v) is 12.6. The molecule has 0 radical (unpaired) electrons. The third kappa shape index (κ3) is 6.47. The highest BCUT2D eigenvalue weighted by Crippen LogP contribution is 2.18. The number of rotatable bonds is 9. The van der Waals surface area contributed by atoms with Crippen LogP contribution in [0.2, 0.25) is 0 Å². The van der Waals surface area contributed by atoms with Crippen LogP contribution in [0.25, 0.3) is 10.8 Å². The minimum absolute atomic E-state index is 0.0139. The lowest BCUT2D eigenvalue weighted by Gasteiger charge is -2.30. The molecule has 1 saturated heterocycles.